The Labute approximate surface area is 117 Å². The highest BCUT2D eigenvalue weighted by Gasteiger charge is 2.41. The second-order valence-corrected chi connectivity index (χ2v) is 7.09. The lowest BCUT2D eigenvalue weighted by atomic mass is 9.64. The minimum Gasteiger partial charge on any atom is -0.481 e. The number of carbonyl (C=O) groups is 1. The zero-order valence-corrected chi connectivity index (χ0v) is 12.6. The average molecular weight is 311 g/mol. The fourth-order valence-electron chi connectivity index (χ4n) is 3.11. The number of carboxylic acids is 1. The SMILES string of the molecule is CC(C)(C)C1c2cc(Br)ccc2CCC1C(=O)O. The van der Waals surface area contributed by atoms with Crippen LogP contribution in [-0.4, -0.2) is 11.1 Å². The summed E-state index contributed by atoms with van der Waals surface area (Å²) in [6, 6.07) is 6.26. The van der Waals surface area contributed by atoms with Crippen molar-refractivity contribution in [3.8, 4) is 0 Å². The van der Waals surface area contributed by atoms with Crippen LogP contribution in [0.2, 0.25) is 0 Å². The van der Waals surface area contributed by atoms with Gasteiger partial charge in [-0.1, -0.05) is 42.8 Å². The van der Waals surface area contributed by atoms with Gasteiger partial charge in [0.25, 0.3) is 0 Å². The van der Waals surface area contributed by atoms with Crippen LogP contribution in [0, 0.1) is 11.3 Å². The first-order valence-corrected chi connectivity index (χ1v) is 7.11. The molecule has 0 saturated heterocycles. The van der Waals surface area contributed by atoms with Crippen LogP contribution in [0.3, 0.4) is 0 Å². The maximum atomic E-state index is 11.5. The molecule has 1 aliphatic rings. The summed E-state index contributed by atoms with van der Waals surface area (Å²) in [6.45, 7) is 6.39. The number of fused-ring (bicyclic) bond motifs is 1. The molecule has 0 saturated carbocycles. The molecule has 1 aromatic carbocycles. The Morgan fingerprint density at radius 3 is 2.61 bits per heavy atom. The van der Waals surface area contributed by atoms with Crippen LogP contribution in [0.15, 0.2) is 22.7 Å². The number of aliphatic carboxylic acids is 1. The summed E-state index contributed by atoms with van der Waals surface area (Å²) >= 11 is 3.49. The predicted octanol–water partition coefficient (Wildman–Crippen LogP) is 4.23. The summed E-state index contributed by atoms with van der Waals surface area (Å²) in [5, 5.41) is 9.46. The molecule has 0 bridgehead atoms. The summed E-state index contributed by atoms with van der Waals surface area (Å²) < 4.78 is 1.03. The van der Waals surface area contributed by atoms with Gasteiger partial charge in [0, 0.05) is 10.4 Å². The largest absolute Gasteiger partial charge is 0.481 e. The van der Waals surface area contributed by atoms with Gasteiger partial charge in [0.1, 0.15) is 0 Å². The molecular formula is C15H19BrO2. The van der Waals surface area contributed by atoms with Gasteiger partial charge >= 0.3 is 5.97 Å². The lowest BCUT2D eigenvalue weighted by Gasteiger charge is -2.40. The Kier molecular flexibility index (Phi) is 3.54. The van der Waals surface area contributed by atoms with E-state index in [1.54, 1.807) is 0 Å². The van der Waals surface area contributed by atoms with E-state index < -0.39 is 5.97 Å². The topological polar surface area (TPSA) is 37.3 Å². The summed E-state index contributed by atoms with van der Waals surface area (Å²) in [7, 11) is 0. The van der Waals surface area contributed by atoms with E-state index in [1.165, 1.54) is 11.1 Å². The van der Waals surface area contributed by atoms with Crippen molar-refractivity contribution < 1.29 is 9.90 Å². The van der Waals surface area contributed by atoms with E-state index in [9.17, 15) is 9.90 Å². The predicted molar refractivity (Wildman–Crippen MR) is 75.8 cm³/mol. The second kappa shape index (κ2) is 4.69. The summed E-state index contributed by atoms with van der Waals surface area (Å²) in [5.74, 6) is -0.858. The lowest BCUT2D eigenvalue weighted by Crippen LogP contribution is -2.35. The Balaban J connectivity index is 2.55. The molecule has 1 aliphatic carbocycles. The molecule has 0 spiro atoms. The van der Waals surface area contributed by atoms with Crippen molar-refractivity contribution in [3.05, 3.63) is 33.8 Å². The van der Waals surface area contributed by atoms with Crippen molar-refractivity contribution in [2.24, 2.45) is 11.3 Å². The first-order chi connectivity index (χ1) is 8.30. The lowest BCUT2D eigenvalue weighted by molar-refractivity contribution is -0.144. The van der Waals surface area contributed by atoms with Crippen molar-refractivity contribution in [2.45, 2.75) is 39.5 Å². The first kappa shape index (κ1) is 13.6. The monoisotopic (exact) mass is 310 g/mol. The highest BCUT2D eigenvalue weighted by molar-refractivity contribution is 9.10. The summed E-state index contributed by atoms with van der Waals surface area (Å²) in [5.41, 5.74) is 2.46. The summed E-state index contributed by atoms with van der Waals surface area (Å²) in [6.07, 6.45) is 1.61. The Bertz CT molecular complexity index is 474. The first-order valence-electron chi connectivity index (χ1n) is 6.32. The molecule has 0 amide bonds. The van der Waals surface area contributed by atoms with Crippen LogP contribution in [0.25, 0.3) is 0 Å². The quantitative estimate of drug-likeness (QED) is 0.843. The third-order valence-corrected chi connectivity index (χ3v) is 4.31. The molecule has 98 valence electrons. The number of aryl methyl sites for hydroxylation is 1. The number of halogens is 1. The minimum absolute atomic E-state index is 0.0426. The van der Waals surface area contributed by atoms with Crippen LogP contribution in [0.1, 0.15) is 44.2 Å². The second-order valence-electron chi connectivity index (χ2n) is 6.17. The minimum atomic E-state index is -0.666. The zero-order valence-electron chi connectivity index (χ0n) is 11.0. The zero-order chi connectivity index (χ0) is 13.5. The highest BCUT2D eigenvalue weighted by atomic mass is 79.9. The van der Waals surface area contributed by atoms with Gasteiger partial charge in [0.2, 0.25) is 0 Å². The number of benzene rings is 1. The van der Waals surface area contributed by atoms with Gasteiger partial charge in [-0.15, -0.1) is 0 Å². The molecule has 2 atom stereocenters. The molecular weight excluding hydrogens is 292 g/mol. The van der Waals surface area contributed by atoms with Gasteiger partial charge in [-0.3, -0.25) is 4.79 Å². The van der Waals surface area contributed by atoms with E-state index in [0.29, 0.717) is 0 Å². The van der Waals surface area contributed by atoms with E-state index in [2.05, 4.69) is 48.8 Å². The smallest absolute Gasteiger partial charge is 0.307 e. The van der Waals surface area contributed by atoms with Gasteiger partial charge < -0.3 is 5.11 Å². The molecule has 0 heterocycles. The number of carboxylic acid groups (broad SMARTS) is 1. The fourth-order valence-corrected chi connectivity index (χ4v) is 3.49. The van der Waals surface area contributed by atoms with Crippen molar-refractivity contribution in [1.29, 1.82) is 0 Å². The molecule has 0 radical (unpaired) electrons. The van der Waals surface area contributed by atoms with E-state index in [0.717, 1.165) is 17.3 Å². The van der Waals surface area contributed by atoms with Gasteiger partial charge in [0.15, 0.2) is 0 Å². The van der Waals surface area contributed by atoms with E-state index in [4.69, 9.17) is 0 Å². The van der Waals surface area contributed by atoms with E-state index in [-0.39, 0.29) is 17.3 Å². The molecule has 0 fully saturated rings. The number of hydrogen-bond acceptors (Lipinski definition) is 1. The molecule has 0 aromatic heterocycles. The van der Waals surface area contributed by atoms with Crippen molar-refractivity contribution in [3.63, 3.8) is 0 Å². The average Bonchev–Trinajstić information content (AvgIpc) is 2.25. The van der Waals surface area contributed by atoms with Gasteiger partial charge in [-0.2, -0.15) is 0 Å². The van der Waals surface area contributed by atoms with E-state index in [1.807, 2.05) is 6.07 Å². The maximum absolute atomic E-state index is 11.5. The van der Waals surface area contributed by atoms with Gasteiger partial charge in [0.05, 0.1) is 5.92 Å². The third-order valence-electron chi connectivity index (χ3n) is 3.82. The van der Waals surface area contributed by atoms with Gasteiger partial charge in [-0.25, -0.2) is 0 Å². The third kappa shape index (κ3) is 2.46. The van der Waals surface area contributed by atoms with Crippen molar-refractivity contribution in [2.75, 3.05) is 0 Å². The molecule has 1 aromatic rings. The maximum Gasteiger partial charge on any atom is 0.307 e. The highest BCUT2D eigenvalue weighted by Crippen LogP contribution is 2.47. The van der Waals surface area contributed by atoms with Crippen LogP contribution in [-0.2, 0) is 11.2 Å². The Hall–Kier alpha value is -0.830. The van der Waals surface area contributed by atoms with Crippen LogP contribution in [0.4, 0.5) is 0 Å². The molecule has 3 heteroatoms. The van der Waals surface area contributed by atoms with E-state index >= 15 is 0 Å². The standard InChI is InChI=1S/C15H19BrO2/c1-15(2,3)13-11(14(17)18)7-5-9-4-6-10(16)8-12(9)13/h4,6,8,11,13H,5,7H2,1-3H3,(H,17,18). The van der Waals surface area contributed by atoms with Gasteiger partial charge in [-0.05, 0) is 41.5 Å². The number of hydrogen-bond donors (Lipinski definition) is 1. The molecule has 0 aliphatic heterocycles. The summed E-state index contributed by atoms with van der Waals surface area (Å²) in [4.78, 5) is 11.5. The Morgan fingerprint density at radius 1 is 1.39 bits per heavy atom. The fraction of sp³-hybridized carbons (Fsp3) is 0.533. The van der Waals surface area contributed by atoms with Crippen LogP contribution < -0.4 is 0 Å². The Morgan fingerprint density at radius 2 is 2.06 bits per heavy atom. The molecule has 2 rings (SSSR count). The normalized spacial score (nSPS) is 23.6. The molecule has 18 heavy (non-hydrogen) atoms. The van der Waals surface area contributed by atoms with Crippen molar-refractivity contribution in [1.82, 2.24) is 0 Å². The van der Waals surface area contributed by atoms with Crippen LogP contribution >= 0.6 is 15.9 Å². The molecule has 2 nitrogen and oxygen atoms in total. The van der Waals surface area contributed by atoms with Crippen LogP contribution in [0.5, 0.6) is 0 Å². The van der Waals surface area contributed by atoms with Crippen molar-refractivity contribution >= 4 is 21.9 Å². The molecule has 1 N–H and O–H groups in total. The number of rotatable bonds is 1. The molecule has 2 unspecified atom stereocenters.